The van der Waals surface area contributed by atoms with Crippen molar-refractivity contribution in [3.8, 4) is 0 Å². The molecule has 2 aromatic carbocycles. The number of para-hydroxylation sites is 1. The van der Waals surface area contributed by atoms with Crippen molar-refractivity contribution in [2.75, 3.05) is 10.2 Å². The van der Waals surface area contributed by atoms with Crippen LogP contribution in [-0.2, 0) is 9.59 Å². The summed E-state index contributed by atoms with van der Waals surface area (Å²) in [6.45, 7) is 3.09. The molecule has 4 aromatic rings. The van der Waals surface area contributed by atoms with E-state index in [1.807, 2.05) is 0 Å². The number of carbonyl (C=O) groups excluding carboxylic acids is 2. The average molecular weight is 436 g/mol. The fourth-order valence-electron chi connectivity index (χ4n) is 2.96. The van der Waals surface area contributed by atoms with Gasteiger partial charge in [0.2, 0.25) is 11.8 Å². The highest BCUT2D eigenvalue weighted by Gasteiger charge is 2.20. The van der Waals surface area contributed by atoms with Gasteiger partial charge in [-0.15, -0.1) is 11.3 Å². The number of hydrogen-bond acceptors (Lipinski definition) is 6. The predicted molar refractivity (Wildman–Crippen MR) is 118 cm³/mol. The van der Waals surface area contributed by atoms with Crippen molar-refractivity contribution in [1.82, 2.24) is 9.97 Å². The lowest BCUT2D eigenvalue weighted by Crippen LogP contribution is -2.23. The minimum Gasteiger partial charge on any atom is -0.441 e. The number of oxazole rings is 1. The number of aromatic nitrogens is 2. The van der Waals surface area contributed by atoms with Gasteiger partial charge in [0.15, 0.2) is 16.6 Å². The summed E-state index contributed by atoms with van der Waals surface area (Å²) in [6, 6.07) is 11.2. The zero-order valence-corrected chi connectivity index (χ0v) is 17.4. The van der Waals surface area contributed by atoms with E-state index >= 15 is 0 Å². The molecule has 0 aliphatic rings. The molecule has 0 fully saturated rings. The van der Waals surface area contributed by atoms with E-state index in [1.54, 1.807) is 42.6 Å². The van der Waals surface area contributed by atoms with Gasteiger partial charge < -0.3 is 9.73 Å². The Morgan fingerprint density at radius 2 is 2.00 bits per heavy atom. The average Bonchev–Trinajstić information content (AvgIpc) is 3.33. The van der Waals surface area contributed by atoms with Crippen molar-refractivity contribution in [2.24, 2.45) is 0 Å². The molecule has 0 atom stereocenters. The quantitative estimate of drug-likeness (QED) is 0.442. The molecular weight excluding hydrogens is 419 g/mol. The van der Waals surface area contributed by atoms with Gasteiger partial charge in [-0.2, -0.15) is 0 Å². The molecular formula is C22H17FN4O3S. The van der Waals surface area contributed by atoms with E-state index in [9.17, 15) is 14.0 Å². The third-order valence-corrected chi connectivity index (χ3v) is 5.12. The molecule has 0 saturated carbocycles. The van der Waals surface area contributed by atoms with Crippen LogP contribution < -0.4 is 10.2 Å². The molecule has 0 unspecified atom stereocenters. The number of anilines is 3. The number of rotatable bonds is 5. The number of thiazole rings is 1. The molecule has 0 aliphatic carbocycles. The summed E-state index contributed by atoms with van der Waals surface area (Å²) in [6.07, 6.45) is 2.85. The minimum absolute atomic E-state index is 0.121. The van der Waals surface area contributed by atoms with Gasteiger partial charge in [0.1, 0.15) is 11.3 Å². The van der Waals surface area contributed by atoms with Gasteiger partial charge in [0, 0.05) is 31.0 Å². The van der Waals surface area contributed by atoms with Gasteiger partial charge in [0.25, 0.3) is 0 Å². The second-order valence-electron chi connectivity index (χ2n) is 6.60. The maximum atomic E-state index is 14.2. The first-order chi connectivity index (χ1) is 14.9. The molecule has 0 bridgehead atoms. The van der Waals surface area contributed by atoms with E-state index in [-0.39, 0.29) is 17.5 Å². The van der Waals surface area contributed by atoms with Crippen molar-refractivity contribution in [3.05, 3.63) is 71.3 Å². The van der Waals surface area contributed by atoms with Crippen LogP contribution in [0.4, 0.5) is 20.9 Å². The summed E-state index contributed by atoms with van der Waals surface area (Å²) in [5, 5.41) is 4.74. The van der Waals surface area contributed by atoms with Crippen LogP contribution in [0.15, 0.2) is 58.3 Å². The van der Waals surface area contributed by atoms with Gasteiger partial charge in [-0.1, -0.05) is 12.1 Å². The third kappa shape index (κ3) is 4.51. The molecule has 9 heteroatoms. The van der Waals surface area contributed by atoms with E-state index in [1.165, 1.54) is 47.4 Å². The van der Waals surface area contributed by atoms with Crippen LogP contribution in [0.25, 0.3) is 17.2 Å². The lowest BCUT2D eigenvalue weighted by Gasteiger charge is -2.18. The van der Waals surface area contributed by atoms with Crippen LogP contribution in [0.5, 0.6) is 0 Å². The first-order valence-corrected chi connectivity index (χ1v) is 10.2. The molecule has 156 valence electrons. The number of aryl methyl sites for hydroxylation is 1. The number of fused-ring (bicyclic) bond motifs is 1. The molecule has 4 rings (SSSR count). The summed E-state index contributed by atoms with van der Waals surface area (Å²) < 4.78 is 19.6. The number of nitrogens with zero attached hydrogens (tertiary/aromatic N) is 3. The number of benzene rings is 2. The smallest absolute Gasteiger partial charge is 0.248 e. The second-order valence-corrected chi connectivity index (χ2v) is 7.44. The fraction of sp³-hybridized carbons (Fsp3) is 0.0909. The van der Waals surface area contributed by atoms with Crippen LogP contribution in [0, 0.1) is 12.7 Å². The first-order valence-electron chi connectivity index (χ1n) is 9.28. The van der Waals surface area contributed by atoms with Crippen LogP contribution >= 0.6 is 11.3 Å². The summed E-state index contributed by atoms with van der Waals surface area (Å²) in [7, 11) is 0. The molecule has 0 spiro atoms. The maximum Gasteiger partial charge on any atom is 0.248 e. The Bertz CT molecular complexity index is 1310. The number of halogens is 1. The van der Waals surface area contributed by atoms with Gasteiger partial charge in [-0.25, -0.2) is 14.4 Å². The topological polar surface area (TPSA) is 88.3 Å². The largest absolute Gasteiger partial charge is 0.441 e. The Labute approximate surface area is 180 Å². The summed E-state index contributed by atoms with van der Waals surface area (Å²) in [5.74, 6) is -0.700. The minimum atomic E-state index is -0.524. The Morgan fingerprint density at radius 3 is 2.77 bits per heavy atom. The lowest BCUT2D eigenvalue weighted by molar-refractivity contribution is -0.116. The molecule has 7 nitrogen and oxygen atoms in total. The molecule has 2 heterocycles. The van der Waals surface area contributed by atoms with E-state index < -0.39 is 5.82 Å². The Balaban J connectivity index is 1.48. The summed E-state index contributed by atoms with van der Waals surface area (Å²) >= 11 is 1.17. The number of amides is 2. The van der Waals surface area contributed by atoms with Gasteiger partial charge in [-0.05, 0) is 36.4 Å². The Kier molecular flexibility index (Phi) is 5.59. The van der Waals surface area contributed by atoms with Crippen LogP contribution in [0.1, 0.15) is 18.5 Å². The molecule has 2 amide bonds. The Morgan fingerprint density at radius 1 is 1.19 bits per heavy atom. The highest BCUT2D eigenvalue weighted by molar-refractivity contribution is 7.14. The predicted octanol–water partition coefficient (Wildman–Crippen LogP) is 5.07. The normalized spacial score (nSPS) is 11.2. The monoisotopic (exact) mass is 436 g/mol. The van der Waals surface area contributed by atoms with Crippen LogP contribution in [0.2, 0.25) is 0 Å². The van der Waals surface area contributed by atoms with Crippen LogP contribution in [-0.4, -0.2) is 21.8 Å². The number of nitrogens with one attached hydrogen (secondary N) is 1. The van der Waals surface area contributed by atoms with Gasteiger partial charge >= 0.3 is 0 Å². The van der Waals surface area contributed by atoms with Gasteiger partial charge in [-0.3, -0.25) is 14.5 Å². The summed E-state index contributed by atoms with van der Waals surface area (Å²) in [5.41, 5.74) is 2.47. The highest BCUT2D eigenvalue weighted by atomic mass is 32.1. The van der Waals surface area contributed by atoms with Gasteiger partial charge in [0.05, 0.1) is 11.4 Å². The first kappa shape index (κ1) is 20.4. The molecule has 0 saturated heterocycles. The van der Waals surface area contributed by atoms with Crippen molar-refractivity contribution in [1.29, 1.82) is 0 Å². The van der Waals surface area contributed by atoms with Crippen molar-refractivity contribution in [3.63, 3.8) is 0 Å². The standard InChI is InChI=1S/C22H17FN4O3S/c1-13-24-18-11-15(7-9-20(18)30-13)25-21(29)10-8-16-12-31-22(26-16)27(14(2)28)19-6-4-3-5-17(19)23/h3-12H,1-2H3,(H,25,29). The molecule has 0 aliphatic heterocycles. The van der Waals surface area contributed by atoms with Crippen LogP contribution in [0.3, 0.4) is 0 Å². The fourth-order valence-corrected chi connectivity index (χ4v) is 3.81. The SMILES string of the molecule is CC(=O)N(c1nc(C=CC(=O)Nc2ccc3oc(C)nc3c2)cs1)c1ccccc1F. The second kappa shape index (κ2) is 8.49. The molecule has 31 heavy (non-hydrogen) atoms. The molecule has 1 N–H and O–H groups in total. The number of carbonyl (C=O) groups is 2. The van der Waals surface area contributed by atoms with Crippen molar-refractivity contribution in [2.45, 2.75) is 13.8 Å². The van der Waals surface area contributed by atoms with E-state index in [2.05, 4.69) is 15.3 Å². The van der Waals surface area contributed by atoms with Crippen molar-refractivity contribution < 1.29 is 18.4 Å². The number of hydrogen-bond donors (Lipinski definition) is 1. The maximum absolute atomic E-state index is 14.2. The van der Waals surface area contributed by atoms with E-state index in [0.717, 1.165) is 0 Å². The molecule has 0 radical (unpaired) electrons. The lowest BCUT2D eigenvalue weighted by atomic mass is 10.3. The van der Waals surface area contributed by atoms with E-state index in [4.69, 9.17) is 4.42 Å². The summed E-state index contributed by atoms with van der Waals surface area (Å²) in [4.78, 5) is 34.1. The van der Waals surface area contributed by atoms with E-state index in [0.29, 0.717) is 33.5 Å². The molecule has 2 aromatic heterocycles. The zero-order valence-electron chi connectivity index (χ0n) is 16.6. The zero-order chi connectivity index (χ0) is 22.0. The Hall–Kier alpha value is -3.85. The van der Waals surface area contributed by atoms with Crippen molar-refractivity contribution >= 4 is 56.8 Å². The third-order valence-electron chi connectivity index (χ3n) is 4.28. The highest BCUT2D eigenvalue weighted by Crippen LogP contribution is 2.31.